The van der Waals surface area contributed by atoms with E-state index in [0.717, 1.165) is 38.3 Å². The molecule has 0 saturated carbocycles. The Balaban J connectivity index is 1.61. The van der Waals surface area contributed by atoms with Gasteiger partial charge in [-0.3, -0.25) is 9.69 Å². The minimum Gasteiger partial charge on any atom is -0.505 e. The fourth-order valence-electron chi connectivity index (χ4n) is 3.43. The van der Waals surface area contributed by atoms with E-state index in [0.29, 0.717) is 13.0 Å². The van der Waals surface area contributed by atoms with Crippen molar-refractivity contribution in [2.75, 3.05) is 39.3 Å². The molecule has 2 aromatic rings. The first kappa shape index (κ1) is 22.7. The highest BCUT2D eigenvalue weighted by Gasteiger charge is 2.22. The number of carbonyl (C=O) groups is 1. The molecule has 0 aromatic heterocycles. The van der Waals surface area contributed by atoms with Crippen LogP contribution in [0.1, 0.15) is 22.8 Å². The molecule has 2 aromatic carbocycles. The summed E-state index contributed by atoms with van der Waals surface area (Å²) in [4.78, 5) is 14.9. The fourth-order valence-corrected chi connectivity index (χ4v) is 3.99. The number of aromatic hydroxyl groups is 1. The Bertz CT molecular complexity index is 858. The second-order valence-electron chi connectivity index (χ2n) is 7.40. The lowest BCUT2D eigenvalue weighted by Gasteiger charge is -2.27. The van der Waals surface area contributed by atoms with Gasteiger partial charge in [0.1, 0.15) is 11.6 Å². The van der Waals surface area contributed by atoms with E-state index >= 15 is 0 Å². The highest BCUT2D eigenvalue weighted by atomic mass is 35.5. The third-order valence-corrected chi connectivity index (χ3v) is 5.65. The number of phenolic OH excluding ortho intramolecular Hbond substituents is 1. The highest BCUT2D eigenvalue weighted by molar-refractivity contribution is 6.39. The molecule has 0 spiro atoms. The first-order valence-corrected chi connectivity index (χ1v) is 10.8. The number of hydrogen-bond donors (Lipinski definition) is 3. The number of nitrogens with zero attached hydrogens (tertiary/aromatic N) is 1. The van der Waals surface area contributed by atoms with Crippen molar-refractivity contribution in [2.45, 2.75) is 19.4 Å². The van der Waals surface area contributed by atoms with E-state index in [9.17, 15) is 9.90 Å². The van der Waals surface area contributed by atoms with Crippen molar-refractivity contribution in [3.8, 4) is 11.5 Å². The molecule has 0 radical (unpaired) electrons. The van der Waals surface area contributed by atoms with Gasteiger partial charge in [0.15, 0.2) is 11.5 Å². The number of hydrogen-bond acceptors (Lipinski definition) is 5. The number of phenols is 1. The molecule has 1 heterocycles. The molecular weight excluding hydrogens is 425 g/mol. The lowest BCUT2D eigenvalue weighted by Crippen LogP contribution is -2.44. The van der Waals surface area contributed by atoms with E-state index < -0.39 is 5.91 Å². The van der Waals surface area contributed by atoms with E-state index in [-0.39, 0.29) is 33.1 Å². The summed E-state index contributed by atoms with van der Waals surface area (Å²) in [5.41, 5.74) is 1.14. The van der Waals surface area contributed by atoms with Gasteiger partial charge in [-0.2, -0.15) is 0 Å². The Morgan fingerprint density at radius 1 is 1.27 bits per heavy atom. The van der Waals surface area contributed by atoms with Crippen molar-refractivity contribution < 1.29 is 14.6 Å². The maximum atomic E-state index is 12.7. The maximum Gasteiger partial charge on any atom is 0.255 e. The normalized spacial score (nSPS) is 15.6. The smallest absolute Gasteiger partial charge is 0.255 e. The quantitative estimate of drug-likeness (QED) is 0.573. The fraction of sp³-hybridized carbons (Fsp3) is 0.409. The largest absolute Gasteiger partial charge is 0.505 e. The van der Waals surface area contributed by atoms with Crippen molar-refractivity contribution in [2.24, 2.45) is 0 Å². The van der Waals surface area contributed by atoms with Gasteiger partial charge in [0.2, 0.25) is 0 Å². The van der Waals surface area contributed by atoms with Gasteiger partial charge >= 0.3 is 0 Å². The van der Waals surface area contributed by atoms with Gasteiger partial charge < -0.3 is 20.5 Å². The van der Waals surface area contributed by atoms with Crippen LogP contribution in [-0.2, 0) is 6.42 Å². The predicted molar refractivity (Wildman–Crippen MR) is 120 cm³/mol. The van der Waals surface area contributed by atoms with Crippen LogP contribution in [0.15, 0.2) is 36.4 Å². The molecular formula is C22H27Cl2N3O3. The lowest BCUT2D eigenvalue weighted by molar-refractivity contribution is 0.0937. The molecule has 1 aliphatic heterocycles. The molecule has 0 bridgehead atoms. The van der Waals surface area contributed by atoms with Crippen LogP contribution in [0.5, 0.6) is 11.5 Å². The highest BCUT2D eigenvalue weighted by Crippen LogP contribution is 2.42. The minimum absolute atomic E-state index is 0.0272. The zero-order valence-corrected chi connectivity index (χ0v) is 18.5. The molecule has 1 amide bonds. The van der Waals surface area contributed by atoms with Crippen LogP contribution in [0.4, 0.5) is 0 Å². The number of nitrogens with one attached hydrogen (secondary N) is 2. The van der Waals surface area contributed by atoms with Gasteiger partial charge in [0.05, 0.1) is 10.6 Å². The van der Waals surface area contributed by atoms with Gasteiger partial charge in [-0.05, 0) is 25.0 Å². The number of rotatable bonds is 8. The molecule has 162 valence electrons. The summed E-state index contributed by atoms with van der Waals surface area (Å²) >= 11 is 12.6. The van der Waals surface area contributed by atoms with Gasteiger partial charge in [-0.15, -0.1) is 0 Å². The number of amides is 1. The first-order chi connectivity index (χ1) is 14.5. The summed E-state index contributed by atoms with van der Waals surface area (Å²) in [6.45, 7) is 6.84. The van der Waals surface area contributed by atoms with E-state index in [4.69, 9.17) is 27.9 Å². The van der Waals surface area contributed by atoms with E-state index in [1.54, 1.807) is 0 Å². The van der Waals surface area contributed by atoms with Crippen LogP contribution in [-0.4, -0.2) is 61.3 Å². The topological polar surface area (TPSA) is 73.8 Å². The third kappa shape index (κ3) is 6.01. The molecule has 0 aliphatic carbocycles. The SMILES string of the molecule is C[C@H](Cc1ccccc1)NC(=O)c1cc(Cl)c(OCCN2CCNCC2)c(Cl)c1O. The molecule has 1 fully saturated rings. The standard InChI is InChI=1S/C22H27Cl2N3O3/c1-15(13-16-5-3-2-4-6-16)26-22(29)17-14-18(23)21(19(24)20(17)28)30-12-11-27-9-7-25-8-10-27/h2-6,14-15,25,28H,7-13H2,1H3,(H,26,29)/t15-/m1/s1. The van der Waals surface area contributed by atoms with Crippen molar-refractivity contribution in [3.05, 3.63) is 57.6 Å². The summed E-state index contributed by atoms with van der Waals surface area (Å²) in [6, 6.07) is 11.1. The zero-order chi connectivity index (χ0) is 21.5. The molecule has 0 unspecified atom stereocenters. The second kappa shape index (κ2) is 10.9. The second-order valence-corrected chi connectivity index (χ2v) is 8.19. The Morgan fingerprint density at radius 3 is 2.67 bits per heavy atom. The lowest BCUT2D eigenvalue weighted by atomic mass is 10.1. The van der Waals surface area contributed by atoms with Crippen molar-refractivity contribution in [1.82, 2.24) is 15.5 Å². The van der Waals surface area contributed by atoms with Crippen molar-refractivity contribution in [3.63, 3.8) is 0 Å². The van der Waals surface area contributed by atoms with Crippen LogP contribution in [0.3, 0.4) is 0 Å². The summed E-state index contributed by atoms with van der Waals surface area (Å²) in [6.07, 6.45) is 0.669. The average Bonchev–Trinajstić information content (AvgIpc) is 2.74. The van der Waals surface area contributed by atoms with E-state index in [1.165, 1.54) is 6.07 Å². The Labute approximate surface area is 187 Å². The predicted octanol–water partition coefficient (Wildman–Crippen LogP) is 3.34. The van der Waals surface area contributed by atoms with Gasteiger partial charge in [-0.1, -0.05) is 53.5 Å². The molecule has 1 atom stereocenters. The molecule has 30 heavy (non-hydrogen) atoms. The number of carbonyl (C=O) groups excluding carboxylic acids is 1. The number of benzene rings is 2. The molecule has 3 N–H and O–H groups in total. The average molecular weight is 452 g/mol. The number of piperazine rings is 1. The summed E-state index contributed by atoms with van der Waals surface area (Å²) in [5.74, 6) is -0.574. The molecule has 8 heteroatoms. The molecule has 6 nitrogen and oxygen atoms in total. The maximum absolute atomic E-state index is 12.7. The van der Waals surface area contributed by atoms with Gasteiger partial charge in [0, 0.05) is 38.8 Å². The Morgan fingerprint density at radius 2 is 1.97 bits per heavy atom. The summed E-state index contributed by atoms with van der Waals surface area (Å²) < 4.78 is 5.73. The zero-order valence-electron chi connectivity index (χ0n) is 17.0. The van der Waals surface area contributed by atoms with Gasteiger partial charge in [0.25, 0.3) is 5.91 Å². The third-order valence-electron chi connectivity index (χ3n) is 5.02. The molecule has 3 rings (SSSR count). The van der Waals surface area contributed by atoms with Crippen LogP contribution in [0, 0.1) is 0 Å². The number of ether oxygens (including phenoxy) is 1. The van der Waals surface area contributed by atoms with Crippen LogP contribution in [0.25, 0.3) is 0 Å². The molecule has 1 aliphatic rings. The minimum atomic E-state index is -0.438. The van der Waals surface area contributed by atoms with Crippen LogP contribution >= 0.6 is 23.2 Å². The van der Waals surface area contributed by atoms with Crippen LogP contribution in [0.2, 0.25) is 10.0 Å². The van der Waals surface area contributed by atoms with E-state index in [2.05, 4.69) is 15.5 Å². The molecule has 1 saturated heterocycles. The Hall–Kier alpha value is -1.99. The van der Waals surface area contributed by atoms with Crippen molar-refractivity contribution >= 4 is 29.1 Å². The summed E-state index contributed by atoms with van der Waals surface area (Å²) in [7, 11) is 0. The monoisotopic (exact) mass is 451 g/mol. The summed E-state index contributed by atoms with van der Waals surface area (Å²) in [5, 5.41) is 16.8. The Kier molecular flexibility index (Phi) is 8.22. The van der Waals surface area contributed by atoms with Crippen LogP contribution < -0.4 is 15.4 Å². The number of halogens is 2. The van der Waals surface area contributed by atoms with E-state index in [1.807, 2.05) is 37.3 Å². The van der Waals surface area contributed by atoms with Gasteiger partial charge in [-0.25, -0.2) is 0 Å². The first-order valence-electron chi connectivity index (χ1n) is 10.1. The van der Waals surface area contributed by atoms with Crippen molar-refractivity contribution in [1.29, 1.82) is 0 Å².